The average Bonchev–Trinajstić information content (AvgIpc) is 1.59. The van der Waals surface area contributed by atoms with Crippen LogP contribution in [0.3, 0.4) is 0 Å². The molecule has 1 aliphatic rings. The van der Waals surface area contributed by atoms with Gasteiger partial charge in [0.15, 0.2) is 46.1 Å². The smallest absolute Gasteiger partial charge is 0.164 e. The Bertz CT molecular complexity index is 2910. The quantitative estimate of drug-likeness (QED) is 0.0354. The van der Waals surface area contributed by atoms with Crippen LogP contribution in [0.25, 0.3) is 66.9 Å². The van der Waals surface area contributed by atoms with Crippen LogP contribution < -0.4 is 28.4 Å². The number of aromatic nitrogens is 6. The fourth-order valence-electron chi connectivity index (χ4n) is 13.6. The molecule has 7 rings (SSSR count). The molecule has 0 unspecified atom stereocenters. The number of hydrogen-bond donors (Lipinski definition) is 2. The molecule has 0 spiro atoms. The Morgan fingerprint density at radius 3 is 0.594 bits per heavy atom. The summed E-state index contributed by atoms with van der Waals surface area (Å²) < 4.78 is 41.0. The topological polar surface area (TPSA) is 139 Å². The van der Waals surface area contributed by atoms with Gasteiger partial charge >= 0.3 is 0 Å². The second kappa shape index (κ2) is 48.3. The molecule has 0 atom stereocenters. The van der Waals surface area contributed by atoms with E-state index < -0.39 is 0 Å². The number of hydrogen-bond acceptors (Lipinski definition) is 10. The Morgan fingerprint density at radius 2 is 0.385 bits per heavy atom. The maximum Gasteiger partial charge on any atom is 0.164 e. The minimum Gasteiger partial charge on any atom is -0.490 e. The summed E-state index contributed by atoms with van der Waals surface area (Å²) in [5, 5.41) is 3.54. The van der Waals surface area contributed by atoms with Gasteiger partial charge in [0.05, 0.1) is 39.6 Å². The third-order valence-electron chi connectivity index (χ3n) is 19.6. The number of aromatic amines is 2. The summed E-state index contributed by atoms with van der Waals surface area (Å²) in [7, 11) is 0. The van der Waals surface area contributed by atoms with Gasteiger partial charge in [0.2, 0.25) is 0 Å². The second-order valence-electron chi connectivity index (χ2n) is 28.2. The van der Waals surface area contributed by atoms with Gasteiger partial charge in [0.25, 0.3) is 0 Å². The van der Waals surface area contributed by atoms with Crippen LogP contribution in [0.15, 0.2) is 36.4 Å². The molecule has 0 saturated carbocycles. The van der Waals surface area contributed by atoms with Gasteiger partial charge in [-0.1, -0.05) is 311 Å². The first-order valence-corrected chi connectivity index (χ1v) is 40.5. The SMILES string of the molecule is CCCCCCCCCCOc1cc2c(cc1OCCCCCCCCCC)-c1nc-2nc2[nH]c(nc3[nH]c(n1)c1cc(OCCCCCCCCCC)c(OCCCCCCCCCC)cc31)c1cc(OCCCCCCCCCC)c(OCCCCCCCCCC)cc21. The highest BCUT2D eigenvalue weighted by atomic mass is 16.5. The molecule has 96 heavy (non-hydrogen) atoms. The Labute approximate surface area is 582 Å². The third kappa shape index (κ3) is 27.7. The molecule has 0 amide bonds. The van der Waals surface area contributed by atoms with Crippen molar-refractivity contribution in [3.8, 4) is 57.3 Å². The van der Waals surface area contributed by atoms with Gasteiger partial charge < -0.3 is 38.4 Å². The standard InChI is InChI=1S/C84H134N6O6/c1-7-13-19-25-31-37-43-49-55-91-73-61-67-68(62-74(73)92-56-50-44-38-32-26-20-14-8-2)80-85-79(67)88-81-69-63-75(93-57-51-45-39-33-27-21-15-9-3)76(94-58-52-46-40-34-28-22-16-10-4)64-70(69)83(86-81)90-84-72-66-78(96-60-54-48-42-36-30-24-18-12-6)77(65-71(72)82(87-84)89-80)95-59-53-47-41-35-29-23-17-11-5/h61-66H,7-60H2,1-6H3,(H2,85,86,87,88,89,90). The summed E-state index contributed by atoms with van der Waals surface area (Å²) in [5.74, 6) is 5.45. The van der Waals surface area contributed by atoms with E-state index in [9.17, 15) is 0 Å². The highest BCUT2D eigenvalue weighted by Crippen LogP contribution is 2.45. The number of H-pyrrole nitrogens is 2. The van der Waals surface area contributed by atoms with Gasteiger partial charge in [-0.05, 0) is 74.9 Å². The zero-order chi connectivity index (χ0) is 67.3. The van der Waals surface area contributed by atoms with Gasteiger partial charge in [-0.15, -0.1) is 0 Å². The van der Waals surface area contributed by atoms with Gasteiger partial charge in [-0.3, -0.25) is 0 Å². The normalized spacial score (nSPS) is 11.8. The number of nitrogens with zero attached hydrogens (tertiary/aromatic N) is 4. The fraction of sp³-hybridized carbons (Fsp3) is 0.714. The van der Waals surface area contributed by atoms with Gasteiger partial charge in [0, 0.05) is 32.7 Å². The van der Waals surface area contributed by atoms with E-state index in [-0.39, 0.29) is 0 Å². The Kier molecular flexibility index (Phi) is 39.1. The molecule has 6 bridgehead atoms. The molecule has 536 valence electrons. The maximum absolute atomic E-state index is 6.83. The predicted octanol–water partition coefficient (Wildman–Crippen LogP) is 26.4. The van der Waals surface area contributed by atoms with Crippen LogP contribution in [0, 0.1) is 0 Å². The molecule has 2 N–H and O–H groups in total. The monoisotopic (exact) mass is 1320 g/mol. The number of rotatable bonds is 60. The molecule has 0 radical (unpaired) electrons. The number of nitrogens with one attached hydrogen (secondary N) is 2. The molecule has 0 fully saturated rings. The van der Waals surface area contributed by atoms with Crippen molar-refractivity contribution in [1.29, 1.82) is 0 Å². The van der Waals surface area contributed by atoms with Crippen LogP contribution in [0.1, 0.15) is 350 Å². The molecule has 3 aromatic carbocycles. The van der Waals surface area contributed by atoms with E-state index >= 15 is 0 Å². The molecule has 0 aliphatic carbocycles. The third-order valence-corrected chi connectivity index (χ3v) is 19.6. The Hall–Kier alpha value is -5.52. The van der Waals surface area contributed by atoms with Crippen molar-refractivity contribution >= 4 is 44.1 Å². The predicted molar refractivity (Wildman–Crippen MR) is 407 cm³/mol. The first-order valence-electron chi connectivity index (χ1n) is 40.5. The van der Waals surface area contributed by atoms with Gasteiger partial charge in [-0.2, -0.15) is 0 Å². The molecule has 12 nitrogen and oxygen atoms in total. The number of benzene rings is 3. The lowest BCUT2D eigenvalue weighted by molar-refractivity contribution is 0.258. The summed E-state index contributed by atoms with van der Waals surface area (Å²) in [4.78, 5) is 29.5. The van der Waals surface area contributed by atoms with Crippen LogP contribution in [0.2, 0.25) is 0 Å². The van der Waals surface area contributed by atoms with Crippen LogP contribution in [-0.2, 0) is 0 Å². The molecule has 0 saturated heterocycles. The first-order chi connectivity index (χ1) is 47.5. The van der Waals surface area contributed by atoms with E-state index in [4.69, 9.17) is 48.4 Å². The van der Waals surface area contributed by atoms with Crippen molar-refractivity contribution in [2.24, 2.45) is 0 Å². The van der Waals surface area contributed by atoms with Crippen molar-refractivity contribution in [1.82, 2.24) is 29.9 Å². The zero-order valence-corrected chi connectivity index (χ0v) is 61.9. The van der Waals surface area contributed by atoms with E-state index in [0.717, 1.165) is 144 Å². The molecular formula is C84H134N6O6. The lowest BCUT2D eigenvalue weighted by Crippen LogP contribution is -2.03. The van der Waals surface area contributed by atoms with E-state index in [1.54, 1.807) is 0 Å². The van der Waals surface area contributed by atoms with Gasteiger partial charge in [0.1, 0.15) is 22.6 Å². The van der Waals surface area contributed by atoms with E-state index in [1.165, 1.54) is 231 Å². The van der Waals surface area contributed by atoms with Crippen LogP contribution in [-0.4, -0.2) is 69.5 Å². The highest BCUT2D eigenvalue weighted by Gasteiger charge is 2.26. The molecular weight excluding hydrogens is 1190 g/mol. The lowest BCUT2D eigenvalue weighted by Gasteiger charge is -2.15. The Balaban J connectivity index is 1.33. The summed E-state index contributed by atoms with van der Waals surface area (Å²) in [5.41, 5.74) is 4.28. The summed E-state index contributed by atoms with van der Waals surface area (Å²) in [6, 6.07) is 12.8. The zero-order valence-electron chi connectivity index (χ0n) is 61.9. The maximum atomic E-state index is 6.83. The van der Waals surface area contributed by atoms with Crippen molar-refractivity contribution in [2.45, 2.75) is 350 Å². The Morgan fingerprint density at radius 1 is 0.208 bits per heavy atom. The minimum absolute atomic E-state index is 0.545. The summed E-state index contributed by atoms with van der Waals surface area (Å²) in [6.45, 7) is 17.4. The number of fused-ring (bicyclic) bond motifs is 15. The molecule has 3 aromatic heterocycles. The minimum atomic E-state index is 0.545. The van der Waals surface area contributed by atoms with E-state index in [1.807, 2.05) is 0 Å². The summed E-state index contributed by atoms with van der Waals surface area (Å²) >= 11 is 0. The molecule has 6 aromatic rings. The fourth-order valence-corrected chi connectivity index (χ4v) is 13.6. The van der Waals surface area contributed by atoms with E-state index in [0.29, 0.717) is 73.9 Å². The lowest BCUT2D eigenvalue weighted by atomic mass is 10.1. The molecule has 12 heteroatoms. The summed E-state index contributed by atoms with van der Waals surface area (Å²) in [6.07, 6.45) is 59.1. The second-order valence-corrected chi connectivity index (χ2v) is 28.2. The van der Waals surface area contributed by atoms with Crippen molar-refractivity contribution in [3.63, 3.8) is 0 Å². The largest absolute Gasteiger partial charge is 0.490 e. The van der Waals surface area contributed by atoms with E-state index in [2.05, 4.69) is 87.9 Å². The first kappa shape index (κ1) is 77.8. The average molecular weight is 1320 g/mol. The molecule has 4 heterocycles. The van der Waals surface area contributed by atoms with Gasteiger partial charge in [-0.25, -0.2) is 19.9 Å². The number of ether oxygens (including phenoxy) is 6. The van der Waals surface area contributed by atoms with Crippen LogP contribution in [0.4, 0.5) is 0 Å². The van der Waals surface area contributed by atoms with Crippen LogP contribution >= 0.6 is 0 Å². The van der Waals surface area contributed by atoms with Crippen molar-refractivity contribution in [3.05, 3.63) is 36.4 Å². The van der Waals surface area contributed by atoms with Crippen molar-refractivity contribution < 1.29 is 28.4 Å². The highest BCUT2D eigenvalue weighted by molar-refractivity contribution is 6.09. The number of unbranched alkanes of at least 4 members (excludes halogenated alkanes) is 42. The van der Waals surface area contributed by atoms with Crippen molar-refractivity contribution in [2.75, 3.05) is 39.6 Å². The van der Waals surface area contributed by atoms with Crippen LogP contribution in [0.5, 0.6) is 34.5 Å². The molecule has 1 aliphatic heterocycles.